The largest absolute Gasteiger partial charge is 0.380 e. The van der Waals surface area contributed by atoms with Gasteiger partial charge in [0.1, 0.15) is 11.6 Å². The van der Waals surface area contributed by atoms with Gasteiger partial charge in [0, 0.05) is 31.3 Å². The first kappa shape index (κ1) is 27.2. The number of hydroxylamine groups is 1. The molecule has 2 aromatic rings. The molecule has 4 nitrogen and oxygen atoms in total. The Morgan fingerprint density at radius 3 is 2.35 bits per heavy atom. The highest BCUT2D eigenvalue weighted by Gasteiger charge is 2.52. The Balaban J connectivity index is 0.000000313. The van der Waals surface area contributed by atoms with Crippen LogP contribution < -0.4 is 5.48 Å². The van der Waals surface area contributed by atoms with Crippen LogP contribution in [-0.4, -0.2) is 26.4 Å². The van der Waals surface area contributed by atoms with E-state index in [1.54, 1.807) is 7.11 Å². The number of methoxy groups -OCH3 is 1. The maximum absolute atomic E-state index is 14.0. The van der Waals surface area contributed by atoms with E-state index in [-0.39, 0.29) is 12.0 Å². The highest BCUT2D eigenvalue weighted by Crippen LogP contribution is 2.43. The summed E-state index contributed by atoms with van der Waals surface area (Å²) in [5.41, 5.74) is 3.85. The van der Waals surface area contributed by atoms with Gasteiger partial charge in [0.05, 0.1) is 24.9 Å². The summed E-state index contributed by atoms with van der Waals surface area (Å²) in [5.74, 6) is -1.00. The predicted octanol–water partition coefficient (Wildman–Crippen LogP) is 6.01. The summed E-state index contributed by atoms with van der Waals surface area (Å²) < 4.78 is 37.4. The highest BCUT2D eigenvalue weighted by molar-refractivity contribution is 5.30. The number of ether oxygens (including phenoxy) is 2. The topological polar surface area (TPSA) is 39.7 Å². The van der Waals surface area contributed by atoms with Crippen LogP contribution in [0.2, 0.25) is 0 Å². The predicted molar refractivity (Wildman–Crippen MR) is 120 cm³/mol. The summed E-state index contributed by atoms with van der Waals surface area (Å²) in [6.07, 6.45) is 0.781. The molecular weight excluding hydrogens is 400 g/mol. The third kappa shape index (κ3) is 7.07. The molecule has 0 bridgehead atoms. The van der Waals surface area contributed by atoms with Crippen molar-refractivity contribution in [2.45, 2.75) is 59.3 Å². The Hall–Kier alpha value is -1.86. The Kier molecular flexibility index (Phi) is 12.5. The van der Waals surface area contributed by atoms with Crippen LogP contribution in [0.25, 0.3) is 0 Å². The molecule has 0 spiro atoms. The van der Waals surface area contributed by atoms with Crippen LogP contribution in [0.5, 0.6) is 0 Å². The molecular formula is C25H37F2NO3. The first-order valence-electron chi connectivity index (χ1n) is 11.1. The summed E-state index contributed by atoms with van der Waals surface area (Å²) in [4.78, 5) is 5.45. The van der Waals surface area contributed by atoms with E-state index >= 15 is 0 Å². The molecule has 3 unspecified atom stereocenters. The summed E-state index contributed by atoms with van der Waals surface area (Å²) in [6, 6.07) is 13.7. The standard InChI is InChI=1S/C13H15F2NO2.C8H10O.2C2H6/c1-8-10-4-5-17-7-13(10,16-18-8)11-3-2-9(14)6-12(11)15;1-9-7-8-5-3-2-4-6-8;2*1-2/h2-3,6,8,10,16H,4-5,7H2,1H3;2-6H,7H2,1H3;2*1-2H3. The average Bonchev–Trinajstić information content (AvgIpc) is 3.15. The second-order valence-corrected chi connectivity index (χ2v) is 6.89. The summed E-state index contributed by atoms with van der Waals surface area (Å²) >= 11 is 0. The third-order valence-corrected chi connectivity index (χ3v) is 5.10. The number of hydrogen-bond donors (Lipinski definition) is 1. The van der Waals surface area contributed by atoms with Gasteiger partial charge in [-0.05, 0) is 25.0 Å². The molecule has 0 amide bonds. The van der Waals surface area contributed by atoms with E-state index in [0.29, 0.717) is 25.4 Å². The fraction of sp³-hybridized carbons (Fsp3) is 0.520. The van der Waals surface area contributed by atoms with Gasteiger partial charge in [0.25, 0.3) is 0 Å². The van der Waals surface area contributed by atoms with E-state index in [1.807, 2.05) is 65.0 Å². The molecule has 3 atom stereocenters. The minimum atomic E-state index is -0.699. The van der Waals surface area contributed by atoms with Crippen LogP contribution in [0.1, 0.15) is 52.2 Å². The Morgan fingerprint density at radius 1 is 1.06 bits per heavy atom. The molecule has 0 aromatic heterocycles. The van der Waals surface area contributed by atoms with Crippen molar-refractivity contribution in [2.24, 2.45) is 5.92 Å². The molecule has 6 heteroatoms. The van der Waals surface area contributed by atoms with Crippen molar-refractivity contribution in [3.05, 3.63) is 71.3 Å². The van der Waals surface area contributed by atoms with Gasteiger partial charge in [-0.3, -0.25) is 4.84 Å². The fourth-order valence-electron chi connectivity index (χ4n) is 3.74. The van der Waals surface area contributed by atoms with Crippen molar-refractivity contribution in [1.82, 2.24) is 5.48 Å². The number of nitrogens with one attached hydrogen (secondary N) is 1. The molecule has 31 heavy (non-hydrogen) atoms. The zero-order valence-electron chi connectivity index (χ0n) is 19.6. The number of fused-ring (bicyclic) bond motifs is 1. The molecule has 0 aliphatic carbocycles. The Labute approximate surface area is 185 Å². The quantitative estimate of drug-likeness (QED) is 0.639. The van der Waals surface area contributed by atoms with Gasteiger partial charge in [0.2, 0.25) is 0 Å². The Bertz CT molecular complexity index is 741. The first-order valence-corrected chi connectivity index (χ1v) is 11.1. The van der Waals surface area contributed by atoms with Crippen LogP contribution in [0.15, 0.2) is 48.5 Å². The maximum Gasteiger partial charge on any atom is 0.131 e. The lowest BCUT2D eigenvalue weighted by Crippen LogP contribution is -2.50. The normalized spacial score (nSPS) is 23.7. The van der Waals surface area contributed by atoms with Gasteiger partial charge in [-0.2, -0.15) is 5.48 Å². The average molecular weight is 438 g/mol. The van der Waals surface area contributed by atoms with E-state index in [2.05, 4.69) is 5.48 Å². The number of rotatable bonds is 3. The van der Waals surface area contributed by atoms with Crippen molar-refractivity contribution in [1.29, 1.82) is 0 Å². The lowest BCUT2D eigenvalue weighted by Gasteiger charge is -2.38. The SMILES string of the molecule is CC.CC.CC1ONC2(c3ccc(F)cc3F)COCCC12.COCc1ccccc1. The van der Waals surface area contributed by atoms with Gasteiger partial charge in [-0.15, -0.1) is 0 Å². The van der Waals surface area contributed by atoms with Crippen molar-refractivity contribution < 1.29 is 23.1 Å². The highest BCUT2D eigenvalue weighted by atomic mass is 19.1. The minimum Gasteiger partial charge on any atom is -0.380 e. The molecule has 2 aliphatic rings. The smallest absolute Gasteiger partial charge is 0.131 e. The summed E-state index contributed by atoms with van der Waals surface area (Å²) in [5, 5.41) is 0. The molecule has 2 saturated heterocycles. The van der Waals surface area contributed by atoms with Crippen LogP contribution in [0, 0.1) is 17.6 Å². The van der Waals surface area contributed by atoms with Gasteiger partial charge in [-0.1, -0.05) is 64.1 Å². The van der Waals surface area contributed by atoms with Crippen LogP contribution in [-0.2, 0) is 26.5 Å². The number of benzene rings is 2. The number of halogens is 2. The van der Waals surface area contributed by atoms with E-state index < -0.39 is 17.2 Å². The van der Waals surface area contributed by atoms with Crippen LogP contribution >= 0.6 is 0 Å². The van der Waals surface area contributed by atoms with E-state index in [4.69, 9.17) is 14.3 Å². The second-order valence-electron chi connectivity index (χ2n) is 6.89. The molecule has 174 valence electrons. The molecule has 1 N–H and O–H groups in total. The monoisotopic (exact) mass is 437 g/mol. The molecule has 0 radical (unpaired) electrons. The fourth-order valence-corrected chi connectivity index (χ4v) is 3.74. The molecule has 0 saturated carbocycles. The molecule has 2 aromatic carbocycles. The Morgan fingerprint density at radius 2 is 1.74 bits per heavy atom. The third-order valence-electron chi connectivity index (χ3n) is 5.10. The first-order chi connectivity index (χ1) is 15.1. The zero-order valence-corrected chi connectivity index (χ0v) is 19.6. The minimum absolute atomic E-state index is 0.0154. The van der Waals surface area contributed by atoms with Gasteiger partial charge < -0.3 is 9.47 Å². The van der Waals surface area contributed by atoms with Crippen molar-refractivity contribution in [2.75, 3.05) is 20.3 Å². The van der Waals surface area contributed by atoms with Gasteiger partial charge in [0.15, 0.2) is 0 Å². The lowest BCUT2D eigenvalue weighted by atomic mass is 9.74. The molecule has 4 rings (SSSR count). The number of hydrogen-bond acceptors (Lipinski definition) is 4. The van der Waals surface area contributed by atoms with E-state index in [9.17, 15) is 8.78 Å². The van der Waals surface area contributed by atoms with E-state index in [1.165, 1.54) is 17.7 Å². The van der Waals surface area contributed by atoms with Gasteiger partial charge >= 0.3 is 0 Å². The van der Waals surface area contributed by atoms with Crippen molar-refractivity contribution >= 4 is 0 Å². The van der Waals surface area contributed by atoms with Crippen LogP contribution in [0.3, 0.4) is 0 Å². The summed E-state index contributed by atoms with van der Waals surface area (Å²) in [7, 11) is 1.70. The van der Waals surface area contributed by atoms with Crippen molar-refractivity contribution in [3.63, 3.8) is 0 Å². The second kappa shape index (κ2) is 14.2. The van der Waals surface area contributed by atoms with Crippen molar-refractivity contribution in [3.8, 4) is 0 Å². The summed E-state index contributed by atoms with van der Waals surface area (Å²) in [6.45, 7) is 11.6. The van der Waals surface area contributed by atoms with Gasteiger partial charge in [-0.25, -0.2) is 8.78 Å². The van der Waals surface area contributed by atoms with E-state index in [0.717, 1.165) is 12.5 Å². The molecule has 2 aliphatic heterocycles. The zero-order chi connectivity index (χ0) is 23.3. The molecule has 2 heterocycles. The van der Waals surface area contributed by atoms with Crippen LogP contribution in [0.4, 0.5) is 8.78 Å². The lowest BCUT2D eigenvalue weighted by molar-refractivity contribution is -0.0244. The maximum atomic E-state index is 14.0. The molecule has 2 fully saturated rings.